The number of carbonyl (C=O) groups is 3. The number of hydrogen-bond acceptors (Lipinski definition) is 7. The van der Waals surface area contributed by atoms with Gasteiger partial charge in [0, 0.05) is 18.1 Å². The van der Waals surface area contributed by atoms with E-state index in [1.807, 2.05) is 0 Å². The van der Waals surface area contributed by atoms with E-state index in [-0.39, 0.29) is 18.9 Å². The van der Waals surface area contributed by atoms with Gasteiger partial charge >= 0.3 is 5.97 Å². The fourth-order valence-corrected chi connectivity index (χ4v) is 2.61. The van der Waals surface area contributed by atoms with Gasteiger partial charge in [0.25, 0.3) is 0 Å². The lowest BCUT2D eigenvalue weighted by atomic mass is 9.99. The van der Waals surface area contributed by atoms with Crippen molar-refractivity contribution in [2.45, 2.75) is 19.0 Å². The number of imide groups is 1. The van der Waals surface area contributed by atoms with Crippen LogP contribution in [0.4, 0.5) is 0 Å². The highest BCUT2D eigenvalue weighted by Crippen LogP contribution is 2.29. The van der Waals surface area contributed by atoms with Gasteiger partial charge in [0.2, 0.25) is 11.8 Å². The van der Waals surface area contributed by atoms with E-state index in [4.69, 9.17) is 15.2 Å². The maximum atomic E-state index is 12.5. The van der Waals surface area contributed by atoms with Crippen molar-refractivity contribution in [3.63, 3.8) is 0 Å². The first-order chi connectivity index (χ1) is 11.4. The molecule has 8 nitrogen and oxygen atoms in total. The largest absolute Gasteiger partial charge is 0.497 e. The molecule has 1 aromatic carbocycles. The molecule has 2 unspecified atom stereocenters. The SMILES string of the molecule is COC(=O)C(N)C1CC(=O)N(Cc2ccc(OC)cc2OC)C1=O. The molecule has 0 saturated carbocycles. The zero-order valence-electron chi connectivity index (χ0n) is 13.8. The zero-order chi connectivity index (χ0) is 17.9. The summed E-state index contributed by atoms with van der Waals surface area (Å²) in [5.74, 6) is -1.41. The average molecular weight is 336 g/mol. The molecule has 0 radical (unpaired) electrons. The van der Waals surface area contributed by atoms with Crippen molar-refractivity contribution in [3.05, 3.63) is 23.8 Å². The van der Waals surface area contributed by atoms with Gasteiger partial charge in [-0.15, -0.1) is 0 Å². The Balaban J connectivity index is 2.20. The van der Waals surface area contributed by atoms with Crippen LogP contribution in [0.2, 0.25) is 0 Å². The van der Waals surface area contributed by atoms with Crippen molar-refractivity contribution in [1.82, 2.24) is 4.90 Å². The van der Waals surface area contributed by atoms with Gasteiger partial charge in [-0.1, -0.05) is 0 Å². The van der Waals surface area contributed by atoms with Crippen molar-refractivity contribution in [1.29, 1.82) is 0 Å². The summed E-state index contributed by atoms with van der Waals surface area (Å²) in [6, 6.07) is 3.93. The van der Waals surface area contributed by atoms with Crippen LogP contribution in [0.15, 0.2) is 18.2 Å². The van der Waals surface area contributed by atoms with E-state index in [0.29, 0.717) is 17.1 Å². The van der Waals surface area contributed by atoms with Crippen molar-refractivity contribution >= 4 is 17.8 Å². The molecule has 0 spiro atoms. The lowest BCUT2D eigenvalue weighted by molar-refractivity contribution is -0.147. The summed E-state index contributed by atoms with van der Waals surface area (Å²) in [5, 5.41) is 0. The van der Waals surface area contributed by atoms with E-state index in [0.717, 1.165) is 4.90 Å². The van der Waals surface area contributed by atoms with E-state index >= 15 is 0 Å². The van der Waals surface area contributed by atoms with Crippen LogP contribution >= 0.6 is 0 Å². The maximum absolute atomic E-state index is 12.5. The molecule has 2 atom stereocenters. The van der Waals surface area contributed by atoms with Crippen LogP contribution in [-0.4, -0.2) is 50.1 Å². The molecule has 1 fully saturated rings. The summed E-state index contributed by atoms with van der Waals surface area (Å²) in [6.45, 7) is 0.0369. The number of methoxy groups -OCH3 is 3. The number of likely N-dealkylation sites (tertiary alicyclic amines) is 1. The van der Waals surface area contributed by atoms with Crippen molar-refractivity contribution in [2.24, 2.45) is 11.7 Å². The molecule has 0 aliphatic carbocycles. The molecule has 1 aliphatic heterocycles. The predicted molar refractivity (Wildman–Crippen MR) is 83.2 cm³/mol. The van der Waals surface area contributed by atoms with E-state index in [2.05, 4.69) is 4.74 Å². The minimum atomic E-state index is -1.16. The molecule has 24 heavy (non-hydrogen) atoms. The van der Waals surface area contributed by atoms with Gasteiger partial charge in [-0.05, 0) is 12.1 Å². The number of ether oxygens (including phenoxy) is 3. The topological polar surface area (TPSA) is 108 Å². The predicted octanol–water partition coefficient (Wildman–Crippen LogP) is 0.0792. The Morgan fingerprint density at radius 1 is 1.29 bits per heavy atom. The monoisotopic (exact) mass is 336 g/mol. The molecule has 130 valence electrons. The van der Waals surface area contributed by atoms with Crippen LogP contribution in [-0.2, 0) is 25.7 Å². The zero-order valence-corrected chi connectivity index (χ0v) is 13.8. The Hall–Kier alpha value is -2.61. The van der Waals surface area contributed by atoms with Crippen LogP contribution in [0, 0.1) is 5.92 Å². The molecule has 1 aromatic rings. The second-order valence-corrected chi connectivity index (χ2v) is 5.36. The first-order valence-corrected chi connectivity index (χ1v) is 7.31. The Morgan fingerprint density at radius 2 is 2.00 bits per heavy atom. The van der Waals surface area contributed by atoms with Crippen LogP contribution in [0.5, 0.6) is 11.5 Å². The second-order valence-electron chi connectivity index (χ2n) is 5.36. The molecule has 2 N–H and O–H groups in total. The molecule has 1 aliphatic rings. The van der Waals surface area contributed by atoms with Crippen molar-refractivity contribution in [3.8, 4) is 11.5 Å². The number of benzene rings is 1. The molecule has 0 aromatic heterocycles. The number of nitrogens with zero attached hydrogens (tertiary/aromatic N) is 1. The quantitative estimate of drug-likeness (QED) is 0.579. The Labute approximate surface area is 139 Å². The van der Waals surface area contributed by atoms with Crippen LogP contribution in [0.1, 0.15) is 12.0 Å². The van der Waals surface area contributed by atoms with Gasteiger partial charge in [0.15, 0.2) is 0 Å². The highest BCUT2D eigenvalue weighted by molar-refractivity contribution is 6.05. The minimum Gasteiger partial charge on any atom is -0.497 e. The van der Waals surface area contributed by atoms with E-state index in [1.54, 1.807) is 18.2 Å². The third-order valence-electron chi connectivity index (χ3n) is 4.01. The van der Waals surface area contributed by atoms with Gasteiger partial charge in [0.1, 0.15) is 17.5 Å². The Morgan fingerprint density at radius 3 is 2.58 bits per heavy atom. The smallest absolute Gasteiger partial charge is 0.323 e. The number of hydrogen-bond donors (Lipinski definition) is 1. The lowest BCUT2D eigenvalue weighted by Gasteiger charge is -2.19. The lowest BCUT2D eigenvalue weighted by Crippen LogP contribution is -2.43. The van der Waals surface area contributed by atoms with E-state index in [9.17, 15) is 14.4 Å². The molecular formula is C16H20N2O6. The molecule has 0 bridgehead atoms. The van der Waals surface area contributed by atoms with E-state index in [1.165, 1.54) is 21.3 Å². The summed E-state index contributed by atoms with van der Waals surface area (Å²) >= 11 is 0. The molecule has 2 amide bonds. The van der Waals surface area contributed by atoms with Crippen LogP contribution < -0.4 is 15.2 Å². The van der Waals surface area contributed by atoms with E-state index < -0.39 is 23.8 Å². The van der Waals surface area contributed by atoms with Crippen molar-refractivity contribution in [2.75, 3.05) is 21.3 Å². The number of amides is 2. The van der Waals surface area contributed by atoms with Crippen LogP contribution in [0.25, 0.3) is 0 Å². The summed E-state index contributed by atoms with van der Waals surface area (Å²) in [4.78, 5) is 37.2. The third kappa shape index (κ3) is 3.33. The van der Waals surface area contributed by atoms with Gasteiger partial charge in [0.05, 0.1) is 33.8 Å². The van der Waals surface area contributed by atoms with Gasteiger partial charge in [-0.2, -0.15) is 0 Å². The maximum Gasteiger partial charge on any atom is 0.323 e. The normalized spacial score (nSPS) is 18.5. The van der Waals surface area contributed by atoms with Gasteiger partial charge in [-0.25, -0.2) is 0 Å². The summed E-state index contributed by atoms with van der Waals surface area (Å²) in [5.41, 5.74) is 6.37. The molecule has 8 heteroatoms. The number of esters is 1. The van der Waals surface area contributed by atoms with Crippen LogP contribution in [0.3, 0.4) is 0 Å². The second kappa shape index (κ2) is 7.31. The van der Waals surface area contributed by atoms with Crippen molar-refractivity contribution < 1.29 is 28.6 Å². The molecule has 1 heterocycles. The molecular weight excluding hydrogens is 316 g/mol. The Kier molecular flexibility index (Phi) is 5.40. The number of carbonyl (C=O) groups excluding carboxylic acids is 3. The highest BCUT2D eigenvalue weighted by atomic mass is 16.5. The Bertz CT molecular complexity index is 660. The summed E-state index contributed by atoms with van der Waals surface area (Å²) < 4.78 is 14.9. The molecule has 1 saturated heterocycles. The number of nitrogens with two attached hydrogens (primary N) is 1. The third-order valence-corrected chi connectivity index (χ3v) is 4.01. The fraction of sp³-hybridized carbons (Fsp3) is 0.438. The standard InChI is InChI=1S/C16H20N2O6/c1-22-10-5-4-9(12(6-10)23-2)8-18-13(19)7-11(15(18)20)14(17)16(21)24-3/h4-6,11,14H,7-8,17H2,1-3H3. The molecule has 2 rings (SSSR count). The van der Waals surface area contributed by atoms with Gasteiger partial charge in [-0.3, -0.25) is 19.3 Å². The highest BCUT2D eigenvalue weighted by Gasteiger charge is 2.44. The van der Waals surface area contributed by atoms with Gasteiger partial charge < -0.3 is 19.9 Å². The fourth-order valence-electron chi connectivity index (χ4n) is 2.61. The average Bonchev–Trinajstić information content (AvgIpc) is 2.88. The number of rotatable bonds is 6. The first kappa shape index (κ1) is 17.7. The minimum absolute atomic E-state index is 0.0369. The summed E-state index contributed by atoms with van der Waals surface area (Å²) in [7, 11) is 4.20. The summed E-state index contributed by atoms with van der Waals surface area (Å²) in [6.07, 6.45) is -0.117. The first-order valence-electron chi connectivity index (χ1n) is 7.31.